The van der Waals surface area contributed by atoms with Crippen molar-refractivity contribution in [2.45, 2.75) is 38.4 Å². The first-order valence-electron chi connectivity index (χ1n) is 4.72. The molecule has 0 saturated heterocycles. The van der Waals surface area contributed by atoms with Gasteiger partial charge in [-0.2, -0.15) is 13.2 Å². The third-order valence-electron chi connectivity index (χ3n) is 2.47. The number of hydrogen-bond donors (Lipinski definition) is 1. The first-order chi connectivity index (χ1) is 7.23. The molecule has 1 N–H and O–H groups in total. The van der Waals surface area contributed by atoms with Gasteiger partial charge in [0.1, 0.15) is 0 Å². The number of carbonyl (C=O) groups is 2. The van der Waals surface area contributed by atoms with E-state index in [0.29, 0.717) is 0 Å². The van der Waals surface area contributed by atoms with E-state index in [1.54, 1.807) is 5.32 Å². The fourth-order valence-electron chi connectivity index (χ4n) is 1.31. The number of rotatable bonds is 5. The number of hydrogen-bond acceptors (Lipinski definition) is 2. The van der Waals surface area contributed by atoms with E-state index in [4.69, 9.17) is 11.6 Å². The normalized spacial score (nSPS) is 12.4. The van der Waals surface area contributed by atoms with E-state index in [2.05, 4.69) is 0 Å². The maximum absolute atomic E-state index is 12.1. The molecule has 0 heterocycles. The van der Waals surface area contributed by atoms with Crippen LogP contribution in [0, 0.1) is 0 Å². The summed E-state index contributed by atoms with van der Waals surface area (Å²) in [6.07, 6.45) is -4.87. The summed E-state index contributed by atoms with van der Waals surface area (Å²) in [6, 6.07) is 0. The zero-order valence-corrected chi connectivity index (χ0v) is 9.71. The average Bonchev–Trinajstić information content (AvgIpc) is 2.23. The van der Waals surface area contributed by atoms with Crippen molar-refractivity contribution >= 4 is 23.3 Å². The standard InChI is InChI=1S/C9H13ClF3NO2/c1-3-8(4-2,6(15)5-10)14-7(16)9(11,12)13/h3-5H2,1-2H3,(H,14,16). The lowest BCUT2D eigenvalue weighted by Gasteiger charge is -2.30. The van der Waals surface area contributed by atoms with E-state index in [1.807, 2.05) is 0 Å². The fraction of sp³-hybridized carbons (Fsp3) is 0.778. The molecule has 0 spiro atoms. The molecule has 0 aliphatic heterocycles. The van der Waals surface area contributed by atoms with E-state index >= 15 is 0 Å². The quantitative estimate of drug-likeness (QED) is 0.768. The van der Waals surface area contributed by atoms with Gasteiger partial charge >= 0.3 is 12.1 Å². The first kappa shape index (κ1) is 15.2. The minimum absolute atomic E-state index is 0.0663. The molecule has 0 fully saturated rings. The highest BCUT2D eigenvalue weighted by atomic mass is 35.5. The third-order valence-corrected chi connectivity index (χ3v) is 2.72. The van der Waals surface area contributed by atoms with Crippen molar-refractivity contribution in [2.75, 3.05) is 5.88 Å². The zero-order chi connectivity index (χ0) is 13.0. The van der Waals surface area contributed by atoms with Crippen LogP contribution in [0.2, 0.25) is 0 Å². The predicted molar refractivity (Wildman–Crippen MR) is 53.2 cm³/mol. The minimum Gasteiger partial charge on any atom is -0.336 e. The van der Waals surface area contributed by atoms with Crippen LogP contribution in [0.4, 0.5) is 13.2 Å². The van der Waals surface area contributed by atoms with Crippen LogP contribution in [0.5, 0.6) is 0 Å². The van der Waals surface area contributed by atoms with Gasteiger partial charge in [-0.05, 0) is 12.8 Å². The summed E-state index contributed by atoms with van der Waals surface area (Å²) in [5, 5.41) is 1.72. The molecule has 94 valence electrons. The Balaban J connectivity index is 4.96. The lowest BCUT2D eigenvalue weighted by Crippen LogP contribution is -2.57. The molecular formula is C9H13ClF3NO2. The fourth-order valence-corrected chi connectivity index (χ4v) is 1.56. The number of halogens is 4. The third kappa shape index (κ3) is 3.37. The van der Waals surface area contributed by atoms with E-state index < -0.39 is 29.3 Å². The van der Waals surface area contributed by atoms with Crippen molar-refractivity contribution < 1.29 is 22.8 Å². The Morgan fingerprint density at radius 2 is 1.62 bits per heavy atom. The summed E-state index contributed by atoms with van der Waals surface area (Å²) < 4.78 is 36.2. The molecule has 0 saturated carbocycles. The number of alkyl halides is 4. The van der Waals surface area contributed by atoms with Gasteiger partial charge in [0.05, 0.1) is 11.4 Å². The van der Waals surface area contributed by atoms with Crippen molar-refractivity contribution in [3.05, 3.63) is 0 Å². The molecule has 0 aliphatic rings. The molecule has 0 aromatic carbocycles. The molecular weight excluding hydrogens is 247 g/mol. The van der Waals surface area contributed by atoms with Crippen molar-refractivity contribution in [2.24, 2.45) is 0 Å². The van der Waals surface area contributed by atoms with Crippen LogP contribution in [0.1, 0.15) is 26.7 Å². The van der Waals surface area contributed by atoms with Crippen LogP contribution in [0.25, 0.3) is 0 Å². The second kappa shape index (κ2) is 5.52. The lowest BCUT2D eigenvalue weighted by atomic mass is 9.88. The number of ketones is 1. The largest absolute Gasteiger partial charge is 0.471 e. The molecule has 1 amide bonds. The minimum atomic E-state index is -5.00. The summed E-state index contributed by atoms with van der Waals surface area (Å²) in [6.45, 7) is 3.04. The number of nitrogens with one attached hydrogen (secondary N) is 1. The highest BCUT2D eigenvalue weighted by Gasteiger charge is 2.45. The van der Waals surface area contributed by atoms with Crippen LogP contribution in [0.15, 0.2) is 0 Å². The molecule has 0 unspecified atom stereocenters. The number of carbonyl (C=O) groups excluding carboxylic acids is 2. The first-order valence-corrected chi connectivity index (χ1v) is 5.25. The second-order valence-electron chi connectivity index (χ2n) is 3.30. The molecule has 0 rings (SSSR count). The van der Waals surface area contributed by atoms with Gasteiger partial charge in [0.15, 0.2) is 5.78 Å². The highest BCUT2D eigenvalue weighted by molar-refractivity contribution is 6.29. The predicted octanol–water partition coefficient (Wildman–Crippen LogP) is 2.03. The van der Waals surface area contributed by atoms with Gasteiger partial charge in [-0.3, -0.25) is 9.59 Å². The monoisotopic (exact) mass is 259 g/mol. The maximum Gasteiger partial charge on any atom is 0.471 e. The second-order valence-corrected chi connectivity index (χ2v) is 3.57. The molecule has 0 aromatic heterocycles. The lowest BCUT2D eigenvalue weighted by molar-refractivity contribution is -0.176. The Bertz CT molecular complexity index is 274. The Kier molecular flexibility index (Phi) is 5.25. The summed E-state index contributed by atoms with van der Waals surface area (Å²) >= 11 is 5.31. The Labute approximate surface area is 96.3 Å². The summed E-state index contributed by atoms with van der Waals surface area (Å²) in [5.74, 6) is -3.16. The summed E-state index contributed by atoms with van der Waals surface area (Å²) in [5.41, 5.74) is -1.52. The van der Waals surface area contributed by atoms with Gasteiger partial charge in [-0.25, -0.2) is 0 Å². The van der Waals surface area contributed by atoms with Gasteiger partial charge in [0.2, 0.25) is 0 Å². The topological polar surface area (TPSA) is 46.2 Å². The van der Waals surface area contributed by atoms with Gasteiger partial charge in [-0.15, -0.1) is 11.6 Å². The van der Waals surface area contributed by atoms with E-state index in [1.165, 1.54) is 13.8 Å². The van der Waals surface area contributed by atoms with Gasteiger partial charge in [-0.1, -0.05) is 13.8 Å². The van der Waals surface area contributed by atoms with Gasteiger partial charge in [0, 0.05) is 0 Å². The summed E-state index contributed by atoms with van der Waals surface area (Å²) in [4.78, 5) is 22.2. The number of amides is 1. The van der Waals surface area contributed by atoms with Crippen molar-refractivity contribution in [1.82, 2.24) is 5.32 Å². The van der Waals surface area contributed by atoms with Crippen LogP contribution < -0.4 is 5.32 Å². The summed E-state index contributed by atoms with van der Waals surface area (Å²) in [7, 11) is 0. The SMILES string of the molecule is CCC(CC)(NC(=O)C(F)(F)F)C(=O)CCl. The average molecular weight is 260 g/mol. The Morgan fingerprint density at radius 1 is 1.19 bits per heavy atom. The van der Waals surface area contributed by atoms with Crippen LogP contribution in [-0.2, 0) is 9.59 Å². The van der Waals surface area contributed by atoms with Crippen LogP contribution >= 0.6 is 11.6 Å². The molecule has 0 atom stereocenters. The Hall–Kier alpha value is -0.780. The molecule has 0 aliphatic carbocycles. The zero-order valence-electron chi connectivity index (χ0n) is 8.95. The van der Waals surface area contributed by atoms with E-state index in [0.717, 1.165) is 0 Å². The number of Topliss-reactive ketones (excluding diaryl/α,β-unsaturated/α-hetero) is 1. The van der Waals surface area contributed by atoms with E-state index in [-0.39, 0.29) is 12.8 Å². The highest BCUT2D eigenvalue weighted by Crippen LogP contribution is 2.22. The molecule has 0 aromatic rings. The smallest absolute Gasteiger partial charge is 0.336 e. The van der Waals surface area contributed by atoms with Crippen LogP contribution in [-0.4, -0.2) is 29.3 Å². The van der Waals surface area contributed by atoms with E-state index in [9.17, 15) is 22.8 Å². The van der Waals surface area contributed by atoms with Gasteiger partial charge in [0.25, 0.3) is 0 Å². The maximum atomic E-state index is 12.1. The Morgan fingerprint density at radius 3 is 1.88 bits per heavy atom. The molecule has 16 heavy (non-hydrogen) atoms. The molecule has 0 radical (unpaired) electrons. The van der Waals surface area contributed by atoms with Crippen molar-refractivity contribution in [1.29, 1.82) is 0 Å². The van der Waals surface area contributed by atoms with Crippen LogP contribution in [0.3, 0.4) is 0 Å². The van der Waals surface area contributed by atoms with Gasteiger partial charge < -0.3 is 5.32 Å². The molecule has 0 bridgehead atoms. The molecule has 7 heteroatoms. The molecule has 3 nitrogen and oxygen atoms in total. The van der Waals surface area contributed by atoms with Crippen molar-refractivity contribution in [3.63, 3.8) is 0 Å². The van der Waals surface area contributed by atoms with Crippen molar-refractivity contribution in [3.8, 4) is 0 Å².